The zero-order valence-corrected chi connectivity index (χ0v) is 16.9. The third kappa shape index (κ3) is 4.41. The molecule has 1 N–H and O–H groups in total. The average molecular weight is 415 g/mol. The number of halogens is 1. The summed E-state index contributed by atoms with van der Waals surface area (Å²) in [6, 6.07) is 9.84. The van der Waals surface area contributed by atoms with E-state index in [4.69, 9.17) is 21.1 Å². The van der Waals surface area contributed by atoms with Crippen LogP contribution in [-0.4, -0.2) is 24.4 Å². The van der Waals surface area contributed by atoms with Crippen molar-refractivity contribution in [2.75, 3.05) is 11.6 Å². The Morgan fingerprint density at radius 2 is 1.93 bits per heavy atom. The lowest BCUT2D eigenvalue weighted by Gasteiger charge is -2.15. The summed E-state index contributed by atoms with van der Waals surface area (Å²) in [5, 5.41) is 1.64. The van der Waals surface area contributed by atoms with Crippen LogP contribution in [-0.2, 0) is 14.4 Å². The van der Waals surface area contributed by atoms with Crippen molar-refractivity contribution in [3.8, 4) is 11.5 Å². The van der Waals surface area contributed by atoms with Crippen LogP contribution in [0.15, 0.2) is 42.0 Å². The van der Waals surface area contributed by atoms with Gasteiger partial charge in [0.1, 0.15) is 5.57 Å². The molecule has 0 bridgehead atoms. The van der Waals surface area contributed by atoms with E-state index in [0.29, 0.717) is 28.6 Å². The summed E-state index contributed by atoms with van der Waals surface area (Å²) in [5.74, 6) is -0.912. The third-order valence-electron chi connectivity index (χ3n) is 4.14. The molecule has 0 spiro atoms. The second-order valence-corrected chi connectivity index (χ2v) is 6.71. The molecular formula is C21H19ClN2O5. The largest absolute Gasteiger partial charge is 0.490 e. The number of rotatable bonds is 5. The fraction of sp³-hybridized carbons (Fsp3) is 0.190. The van der Waals surface area contributed by atoms with Gasteiger partial charge >= 0.3 is 5.97 Å². The topological polar surface area (TPSA) is 84.9 Å². The van der Waals surface area contributed by atoms with E-state index in [1.165, 1.54) is 13.0 Å². The zero-order chi connectivity index (χ0) is 21.1. The van der Waals surface area contributed by atoms with Gasteiger partial charge in [-0.15, -0.1) is 0 Å². The Kier molecular flexibility index (Phi) is 5.89. The Morgan fingerprint density at radius 3 is 2.59 bits per heavy atom. The van der Waals surface area contributed by atoms with Gasteiger partial charge in [0.15, 0.2) is 11.5 Å². The number of carbonyl (C=O) groups is 3. The summed E-state index contributed by atoms with van der Waals surface area (Å²) in [7, 11) is 0. The molecule has 1 aliphatic heterocycles. The highest BCUT2D eigenvalue weighted by atomic mass is 35.5. The number of carbonyl (C=O) groups excluding carboxylic acids is 3. The first-order valence-electron chi connectivity index (χ1n) is 8.88. The molecule has 7 nitrogen and oxygen atoms in total. The quantitative estimate of drug-likeness (QED) is 0.350. The molecule has 0 radical (unpaired) electrons. The molecule has 1 saturated heterocycles. The lowest BCUT2D eigenvalue weighted by atomic mass is 10.1. The summed E-state index contributed by atoms with van der Waals surface area (Å²) < 4.78 is 10.6. The Hall–Kier alpha value is -3.32. The molecular weight excluding hydrogens is 396 g/mol. The van der Waals surface area contributed by atoms with E-state index in [2.05, 4.69) is 5.43 Å². The van der Waals surface area contributed by atoms with Crippen LogP contribution < -0.4 is 19.9 Å². The summed E-state index contributed by atoms with van der Waals surface area (Å²) >= 11 is 6.13. The molecule has 1 fully saturated rings. The maximum absolute atomic E-state index is 12.8. The van der Waals surface area contributed by atoms with Crippen molar-refractivity contribution in [2.24, 2.45) is 0 Å². The van der Waals surface area contributed by atoms with E-state index in [1.54, 1.807) is 43.3 Å². The van der Waals surface area contributed by atoms with E-state index in [1.807, 2.05) is 6.92 Å². The molecule has 8 heteroatoms. The van der Waals surface area contributed by atoms with Gasteiger partial charge in [-0.25, -0.2) is 5.01 Å². The molecule has 1 heterocycles. The van der Waals surface area contributed by atoms with E-state index >= 15 is 0 Å². The fourth-order valence-corrected chi connectivity index (χ4v) is 2.92. The number of hydrogen-bond acceptors (Lipinski definition) is 5. The molecule has 2 aromatic carbocycles. The summed E-state index contributed by atoms with van der Waals surface area (Å²) in [4.78, 5) is 36.4. The molecule has 0 saturated carbocycles. The number of hydrazine groups is 1. The summed E-state index contributed by atoms with van der Waals surface area (Å²) in [6.45, 7) is 5.28. The summed E-state index contributed by atoms with van der Waals surface area (Å²) in [6.07, 6.45) is 1.45. The number of aryl methyl sites for hydroxylation is 1. The average Bonchev–Trinajstić information content (AvgIpc) is 2.94. The number of hydrogen-bond donors (Lipinski definition) is 1. The minimum atomic E-state index is -0.534. The lowest BCUT2D eigenvalue weighted by molar-refractivity contribution is -0.132. The van der Waals surface area contributed by atoms with Gasteiger partial charge < -0.3 is 9.47 Å². The monoisotopic (exact) mass is 414 g/mol. The summed E-state index contributed by atoms with van der Waals surface area (Å²) in [5.41, 5.74) is 4.36. The van der Waals surface area contributed by atoms with Crippen LogP contribution in [0.5, 0.6) is 11.5 Å². The molecule has 29 heavy (non-hydrogen) atoms. The second kappa shape index (κ2) is 8.36. The van der Waals surface area contributed by atoms with Crippen LogP contribution in [0.3, 0.4) is 0 Å². The first-order valence-corrected chi connectivity index (χ1v) is 9.26. The highest BCUT2D eigenvalue weighted by molar-refractivity contribution is 6.33. The van der Waals surface area contributed by atoms with E-state index in [0.717, 1.165) is 10.6 Å². The van der Waals surface area contributed by atoms with E-state index in [9.17, 15) is 14.4 Å². The highest BCUT2D eigenvalue weighted by Gasteiger charge is 2.34. The predicted octanol–water partition coefficient (Wildman–Crippen LogP) is 3.43. The Bertz CT molecular complexity index is 1030. The SMILES string of the molecule is CCOc1cc(/C=C2/C(=O)NN(c3ccc(C)c(Cl)c3)C2=O)ccc1OC(C)=O. The highest BCUT2D eigenvalue weighted by Crippen LogP contribution is 2.31. The Balaban J connectivity index is 1.92. The zero-order valence-electron chi connectivity index (χ0n) is 16.1. The molecule has 3 rings (SSSR count). The van der Waals surface area contributed by atoms with Gasteiger partial charge in [-0.1, -0.05) is 23.7 Å². The van der Waals surface area contributed by atoms with Crippen molar-refractivity contribution in [3.05, 3.63) is 58.1 Å². The number of ether oxygens (including phenoxy) is 2. The molecule has 0 aliphatic carbocycles. The van der Waals surface area contributed by atoms with Crippen LogP contribution in [0, 0.1) is 6.92 Å². The van der Waals surface area contributed by atoms with Crippen LogP contribution in [0.2, 0.25) is 5.02 Å². The van der Waals surface area contributed by atoms with Gasteiger partial charge in [-0.2, -0.15) is 0 Å². The molecule has 2 amide bonds. The number of benzene rings is 2. The van der Waals surface area contributed by atoms with E-state index < -0.39 is 17.8 Å². The first-order chi connectivity index (χ1) is 13.8. The van der Waals surface area contributed by atoms with Crippen molar-refractivity contribution in [1.82, 2.24) is 5.43 Å². The van der Waals surface area contributed by atoms with Crippen molar-refractivity contribution < 1.29 is 23.9 Å². The van der Waals surface area contributed by atoms with Gasteiger partial charge in [-0.05, 0) is 55.3 Å². The Labute approximate surface area is 172 Å². The predicted molar refractivity (Wildman–Crippen MR) is 109 cm³/mol. The van der Waals surface area contributed by atoms with Gasteiger partial charge in [-0.3, -0.25) is 19.8 Å². The van der Waals surface area contributed by atoms with Gasteiger partial charge in [0, 0.05) is 11.9 Å². The third-order valence-corrected chi connectivity index (χ3v) is 4.54. The number of esters is 1. The number of amides is 2. The number of nitrogens with one attached hydrogen (secondary N) is 1. The second-order valence-electron chi connectivity index (χ2n) is 6.31. The standard InChI is InChI=1S/C21H19ClN2O5/c1-4-28-19-10-14(6-8-18(19)29-13(3)25)9-16-20(26)23-24(21(16)27)15-7-5-12(2)17(22)11-15/h5-11H,4H2,1-3H3,(H,23,26)/b16-9-. The van der Waals surface area contributed by atoms with Crippen LogP contribution in [0.1, 0.15) is 25.0 Å². The Morgan fingerprint density at radius 1 is 1.17 bits per heavy atom. The molecule has 0 unspecified atom stereocenters. The fourth-order valence-electron chi connectivity index (χ4n) is 2.75. The van der Waals surface area contributed by atoms with Crippen molar-refractivity contribution in [2.45, 2.75) is 20.8 Å². The van der Waals surface area contributed by atoms with Gasteiger partial charge in [0.2, 0.25) is 0 Å². The van der Waals surface area contributed by atoms with Gasteiger partial charge in [0.05, 0.1) is 12.3 Å². The van der Waals surface area contributed by atoms with E-state index in [-0.39, 0.29) is 11.3 Å². The minimum absolute atomic E-state index is 0.0376. The normalized spacial score (nSPS) is 14.9. The van der Waals surface area contributed by atoms with Crippen molar-refractivity contribution in [1.29, 1.82) is 0 Å². The maximum Gasteiger partial charge on any atom is 0.308 e. The maximum atomic E-state index is 12.8. The lowest BCUT2D eigenvalue weighted by Crippen LogP contribution is -2.35. The minimum Gasteiger partial charge on any atom is -0.490 e. The van der Waals surface area contributed by atoms with Gasteiger partial charge in [0.25, 0.3) is 11.8 Å². The van der Waals surface area contributed by atoms with Crippen LogP contribution in [0.4, 0.5) is 5.69 Å². The molecule has 2 aromatic rings. The van der Waals surface area contributed by atoms with Crippen LogP contribution >= 0.6 is 11.6 Å². The van der Waals surface area contributed by atoms with Crippen LogP contribution in [0.25, 0.3) is 6.08 Å². The molecule has 0 atom stereocenters. The first kappa shape index (κ1) is 20.4. The molecule has 0 aromatic heterocycles. The smallest absolute Gasteiger partial charge is 0.308 e. The van der Waals surface area contributed by atoms with Crippen molar-refractivity contribution in [3.63, 3.8) is 0 Å². The molecule has 150 valence electrons. The molecule has 1 aliphatic rings. The number of nitrogens with zero attached hydrogens (tertiary/aromatic N) is 1. The van der Waals surface area contributed by atoms with Crippen molar-refractivity contribution >= 4 is 41.1 Å². The number of anilines is 1.